The van der Waals surface area contributed by atoms with Gasteiger partial charge in [0, 0.05) is 17.6 Å². The summed E-state index contributed by atoms with van der Waals surface area (Å²) in [5.74, 6) is -0.856. The molecule has 0 unspecified atom stereocenters. The number of nitrogens with one attached hydrogen (secondary N) is 1. The average Bonchev–Trinajstić information content (AvgIpc) is 2.44. The molecule has 1 N–H and O–H groups in total. The van der Waals surface area contributed by atoms with Crippen molar-refractivity contribution in [3.63, 3.8) is 0 Å². The lowest BCUT2D eigenvalue weighted by Crippen LogP contribution is -2.20. The van der Waals surface area contributed by atoms with E-state index in [9.17, 15) is 8.78 Å². The minimum atomic E-state index is -0.827. The zero-order valence-electron chi connectivity index (χ0n) is 10.7. The summed E-state index contributed by atoms with van der Waals surface area (Å²) in [7, 11) is 0. The molecule has 2 rings (SSSR count). The molecule has 0 atom stereocenters. The number of hydrogen-bond acceptors (Lipinski definition) is 2. The molecular formula is C15H14BrF2NO. The molecule has 0 aliphatic carbocycles. The van der Waals surface area contributed by atoms with Crippen molar-refractivity contribution in [2.24, 2.45) is 0 Å². The largest absolute Gasteiger partial charge is 0.492 e. The summed E-state index contributed by atoms with van der Waals surface area (Å²) in [5, 5.41) is 3.11. The zero-order valence-corrected chi connectivity index (χ0v) is 12.3. The average molecular weight is 342 g/mol. The van der Waals surface area contributed by atoms with Crippen molar-refractivity contribution >= 4 is 15.9 Å². The van der Waals surface area contributed by atoms with E-state index in [-0.39, 0.29) is 0 Å². The molecule has 2 nitrogen and oxygen atoms in total. The molecule has 20 heavy (non-hydrogen) atoms. The van der Waals surface area contributed by atoms with E-state index in [0.717, 1.165) is 16.3 Å². The van der Waals surface area contributed by atoms with E-state index < -0.39 is 11.6 Å². The molecular weight excluding hydrogens is 328 g/mol. The first kappa shape index (κ1) is 14.9. The first-order valence-electron chi connectivity index (χ1n) is 6.18. The second kappa shape index (κ2) is 7.36. The van der Waals surface area contributed by atoms with Crippen molar-refractivity contribution in [1.29, 1.82) is 0 Å². The van der Waals surface area contributed by atoms with Gasteiger partial charge >= 0.3 is 0 Å². The molecule has 0 saturated carbocycles. The molecule has 0 saturated heterocycles. The van der Waals surface area contributed by atoms with Crippen molar-refractivity contribution in [2.45, 2.75) is 6.54 Å². The van der Waals surface area contributed by atoms with Crippen molar-refractivity contribution in [2.75, 3.05) is 13.2 Å². The van der Waals surface area contributed by atoms with E-state index in [1.165, 1.54) is 6.07 Å². The highest BCUT2D eigenvalue weighted by atomic mass is 79.9. The molecule has 0 radical (unpaired) electrons. The van der Waals surface area contributed by atoms with E-state index in [4.69, 9.17) is 4.74 Å². The summed E-state index contributed by atoms with van der Waals surface area (Å²) in [5.41, 5.74) is 0.701. The fraction of sp³-hybridized carbons (Fsp3) is 0.200. The molecule has 0 aliphatic heterocycles. The number of rotatable bonds is 6. The lowest BCUT2D eigenvalue weighted by Gasteiger charge is -2.08. The lowest BCUT2D eigenvalue weighted by atomic mass is 10.2. The summed E-state index contributed by atoms with van der Waals surface area (Å²) in [4.78, 5) is 0. The molecule has 0 heterocycles. The Balaban J connectivity index is 1.68. The van der Waals surface area contributed by atoms with E-state index in [0.29, 0.717) is 25.3 Å². The van der Waals surface area contributed by atoms with Crippen LogP contribution >= 0.6 is 15.9 Å². The number of ether oxygens (including phenoxy) is 1. The smallest absolute Gasteiger partial charge is 0.159 e. The number of halogens is 3. The van der Waals surface area contributed by atoms with Crippen LogP contribution in [0.5, 0.6) is 5.75 Å². The highest BCUT2D eigenvalue weighted by molar-refractivity contribution is 9.10. The van der Waals surface area contributed by atoms with Crippen LogP contribution in [0, 0.1) is 11.6 Å². The van der Waals surface area contributed by atoms with Crippen LogP contribution in [0.3, 0.4) is 0 Å². The van der Waals surface area contributed by atoms with E-state index in [1.54, 1.807) is 6.07 Å². The molecule has 0 aromatic heterocycles. The van der Waals surface area contributed by atoms with Gasteiger partial charge in [0.1, 0.15) is 12.4 Å². The first-order chi connectivity index (χ1) is 9.65. The van der Waals surface area contributed by atoms with Crippen LogP contribution in [0.4, 0.5) is 8.78 Å². The predicted octanol–water partition coefficient (Wildman–Crippen LogP) is 3.90. The topological polar surface area (TPSA) is 21.3 Å². The van der Waals surface area contributed by atoms with E-state index in [1.807, 2.05) is 24.3 Å². The van der Waals surface area contributed by atoms with Gasteiger partial charge in [-0.25, -0.2) is 8.78 Å². The van der Waals surface area contributed by atoms with Crippen molar-refractivity contribution in [1.82, 2.24) is 5.32 Å². The van der Waals surface area contributed by atoms with Crippen molar-refractivity contribution in [3.8, 4) is 5.75 Å². The van der Waals surface area contributed by atoms with Gasteiger partial charge < -0.3 is 10.1 Å². The van der Waals surface area contributed by atoms with Crippen LogP contribution in [0.2, 0.25) is 0 Å². The minimum absolute atomic E-state index is 0.473. The standard InChI is InChI=1S/C15H14BrF2NO/c16-12-2-4-13(5-3-12)20-8-7-19-10-11-1-6-14(17)15(18)9-11/h1-6,9,19H,7-8,10H2. The second-order valence-electron chi connectivity index (χ2n) is 4.23. The van der Waals surface area contributed by atoms with Crippen molar-refractivity contribution in [3.05, 3.63) is 64.1 Å². The quantitative estimate of drug-likeness (QED) is 0.804. The van der Waals surface area contributed by atoms with Gasteiger partial charge in [0.2, 0.25) is 0 Å². The molecule has 0 fully saturated rings. The van der Waals surface area contributed by atoms with Gasteiger partial charge in [-0.05, 0) is 42.0 Å². The maximum atomic E-state index is 13.0. The van der Waals surface area contributed by atoms with Crippen molar-refractivity contribution < 1.29 is 13.5 Å². The van der Waals surface area contributed by atoms with Crippen LogP contribution < -0.4 is 10.1 Å². The third-order valence-corrected chi connectivity index (χ3v) is 3.20. The van der Waals surface area contributed by atoms with Crippen LogP contribution in [0.25, 0.3) is 0 Å². The van der Waals surface area contributed by atoms with Gasteiger partial charge in [0.05, 0.1) is 0 Å². The molecule has 5 heteroatoms. The SMILES string of the molecule is Fc1ccc(CNCCOc2ccc(Br)cc2)cc1F. The normalized spacial score (nSPS) is 10.6. The number of benzene rings is 2. The highest BCUT2D eigenvalue weighted by Gasteiger charge is 2.02. The Morgan fingerprint density at radius 3 is 2.45 bits per heavy atom. The third-order valence-electron chi connectivity index (χ3n) is 2.67. The second-order valence-corrected chi connectivity index (χ2v) is 5.14. The fourth-order valence-corrected chi connectivity index (χ4v) is 1.92. The zero-order chi connectivity index (χ0) is 14.4. The van der Waals surface area contributed by atoms with E-state index >= 15 is 0 Å². The van der Waals surface area contributed by atoms with Gasteiger partial charge in [0.25, 0.3) is 0 Å². The molecule has 2 aromatic carbocycles. The molecule has 106 valence electrons. The predicted molar refractivity (Wildman–Crippen MR) is 77.7 cm³/mol. The third kappa shape index (κ3) is 4.58. The van der Waals surface area contributed by atoms with Gasteiger partial charge in [-0.3, -0.25) is 0 Å². The molecule has 0 aliphatic rings. The Morgan fingerprint density at radius 2 is 1.75 bits per heavy atom. The Bertz CT molecular complexity index is 560. The molecule has 0 bridgehead atoms. The van der Waals surface area contributed by atoms with Crippen LogP contribution in [0.15, 0.2) is 46.9 Å². The first-order valence-corrected chi connectivity index (χ1v) is 6.97. The molecule has 0 amide bonds. The van der Waals surface area contributed by atoms with Gasteiger partial charge in [-0.2, -0.15) is 0 Å². The maximum absolute atomic E-state index is 13.0. The Kier molecular flexibility index (Phi) is 5.49. The Morgan fingerprint density at radius 1 is 1.00 bits per heavy atom. The number of hydrogen-bond donors (Lipinski definition) is 1. The Labute approximate surface area is 124 Å². The van der Waals surface area contributed by atoms with Gasteiger partial charge in [0.15, 0.2) is 11.6 Å². The fourth-order valence-electron chi connectivity index (χ4n) is 1.65. The van der Waals surface area contributed by atoms with Gasteiger partial charge in [-0.15, -0.1) is 0 Å². The summed E-state index contributed by atoms with van der Waals surface area (Å²) in [6, 6.07) is 11.4. The molecule has 0 spiro atoms. The minimum Gasteiger partial charge on any atom is -0.492 e. The van der Waals surface area contributed by atoms with Crippen LogP contribution in [-0.4, -0.2) is 13.2 Å². The van der Waals surface area contributed by atoms with Crippen LogP contribution in [-0.2, 0) is 6.54 Å². The van der Waals surface area contributed by atoms with Crippen LogP contribution in [0.1, 0.15) is 5.56 Å². The molecule has 2 aromatic rings. The monoisotopic (exact) mass is 341 g/mol. The maximum Gasteiger partial charge on any atom is 0.159 e. The summed E-state index contributed by atoms with van der Waals surface area (Å²) < 4.78 is 32.2. The Hall–Kier alpha value is -1.46. The highest BCUT2D eigenvalue weighted by Crippen LogP contribution is 2.15. The van der Waals surface area contributed by atoms with Gasteiger partial charge in [-0.1, -0.05) is 22.0 Å². The lowest BCUT2D eigenvalue weighted by molar-refractivity contribution is 0.313. The van der Waals surface area contributed by atoms with E-state index in [2.05, 4.69) is 21.2 Å². The summed E-state index contributed by atoms with van der Waals surface area (Å²) >= 11 is 3.35. The summed E-state index contributed by atoms with van der Waals surface area (Å²) in [6.07, 6.45) is 0. The summed E-state index contributed by atoms with van der Waals surface area (Å²) in [6.45, 7) is 1.60.